The largest absolute Gasteiger partial charge is 0.320 e. The zero-order chi connectivity index (χ0) is 12.4. The lowest BCUT2D eigenvalue weighted by molar-refractivity contribution is 0.308. The minimum atomic E-state index is 0.826. The summed E-state index contributed by atoms with van der Waals surface area (Å²) in [5.41, 5.74) is 1.30. The van der Waals surface area contributed by atoms with Crippen LogP contribution in [0, 0.1) is 11.8 Å². The SMILES string of the molecule is C=C/C(C)=C\CCC(C)C(CC)CCNC. The fraction of sp³-hybridized carbons (Fsp3) is 0.733. The predicted octanol–water partition coefficient (Wildman–Crippen LogP) is 4.17. The molecule has 2 atom stereocenters. The highest BCUT2D eigenvalue weighted by Crippen LogP contribution is 2.23. The molecule has 0 aliphatic carbocycles. The van der Waals surface area contributed by atoms with E-state index < -0.39 is 0 Å². The summed E-state index contributed by atoms with van der Waals surface area (Å²) in [6.07, 6.45) is 9.32. The molecular formula is C15H29N. The maximum atomic E-state index is 3.77. The van der Waals surface area contributed by atoms with Crippen LogP contribution in [0.5, 0.6) is 0 Å². The topological polar surface area (TPSA) is 12.0 Å². The highest BCUT2D eigenvalue weighted by Gasteiger charge is 2.13. The number of hydrogen-bond acceptors (Lipinski definition) is 1. The van der Waals surface area contributed by atoms with Crippen LogP contribution >= 0.6 is 0 Å². The van der Waals surface area contributed by atoms with Crippen LogP contribution in [0.2, 0.25) is 0 Å². The lowest BCUT2D eigenvalue weighted by Crippen LogP contribution is -2.18. The van der Waals surface area contributed by atoms with Gasteiger partial charge in [-0.25, -0.2) is 0 Å². The first kappa shape index (κ1) is 15.4. The summed E-state index contributed by atoms with van der Waals surface area (Å²) in [6.45, 7) is 11.7. The van der Waals surface area contributed by atoms with Gasteiger partial charge in [-0.2, -0.15) is 0 Å². The minimum Gasteiger partial charge on any atom is -0.320 e. The summed E-state index contributed by atoms with van der Waals surface area (Å²) < 4.78 is 0. The molecule has 0 saturated carbocycles. The van der Waals surface area contributed by atoms with Crippen molar-refractivity contribution in [2.45, 2.75) is 46.5 Å². The van der Waals surface area contributed by atoms with Gasteiger partial charge in [0.2, 0.25) is 0 Å². The van der Waals surface area contributed by atoms with Crippen LogP contribution in [-0.2, 0) is 0 Å². The van der Waals surface area contributed by atoms with Crippen LogP contribution in [0.15, 0.2) is 24.3 Å². The quantitative estimate of drug-likeness (QED) is 0.578. The molecular weight excluding hydrogens is 194 g/mol. The summed E-state index contributed by atoms with van der Waals surface area (Å²) in [5, 5.41) is 3.25. The van der Waals surface area contributed by atoms with Gasteiger partial charge in [-0.05, 0) is 51.6 Å². The molecule has 0 saturated heterocycles. The molecule has 0 aromatic rings. The molecule has 1 N–H and O–H groups in total. The average Bonchev–Trinajstić information content (AvgIpc) is 2.29. The standard InChI is InChI=1S/C15H29N/c1-6-13(3)9-8-10-14(4)15(7-2)11-12-16-5/h6,9,14-16H,1,7-8,10-12H2,2-5H3/b13-9-. The van der Waals surface area contributed by atoms with E-state index in [1.807, 2.05) is 13.1 Å². The van der Waals surface area contributed by atoms with Crippen molar-refractivity contribution in [2.75, 3.05) is 13.6 Å². The Hall–Kier alpha value is -0.560. The van der Waals surface area contributed by atoms with Crippen LogP contribution in [0.3, 0.4) is 0 Å². The van der Waals surface area contributed by atoms with Gasteiger partial charge in [-0.3, -0.25) is 0 Å². The van der Waals surface area contributed by atoms with E-state index in [1.165, 1.54) is 31.3 Å². The lowest BCUT2D eigenvalue weighted by Gasteiger charge is -2.22. The number of allylic oxidation sites excluding steroid dienone is 3. The van der Waals surface area contributed by atoms with E-state index in [9.17, 15) is 0 Å². The Morgan fingerprint density at radius 1 is 1.38 bits per heavy atom. The second kappa shape index (κ2) is 9.65. The van der Waals surface area contributed by atoms with Crippen LogP contribution in [0.4, 0.5) is 0 Å². The first-order valence-electron chi connectivity index (χ1n) is 6.59. The third kappa shape index (κ3) is 6.84. The molecule has 0 rings (SSSR count). The van der Waals surface area contributed by atoms with Crippen molar-refractivity contribution in [1.82, 2.24) is 5.32 Å². The van der Waals surface area contributed by atoms with Gasteiger partial charge in [0.15, 0.2) is 0 Å². The second-order valence-corrected chi connectivity index (χ2v) is 4.77. The summed E-state index contributed by atoms with van der Waals surface area (Å²) in [7, 11) is 2.04. The van der Waals surface area contributed by atoms with E-state index in [1.54, 1.807) is 0 Å². The van der Waals surface area contributed by atoms with E-state index in [0.29, 0.717) is 0 Å². The first-order chi connectivity index (χ1) is 7.65. The van der Waals surface area contributed by atoms with Gasteiger partial charge in [0, 0.05) is 0 Å². The van der Waals surface area contributed by atoms with E-state index in [4.69, 9.17) is 0 Å². The molecule has 94 valence electrons. The van der Waals surface area contributed by atoms with E-state index >= 15 is 0 Å². The fourth-order valence-electron chi connectivity index (χ4n) is 2.11. The smallest absolute Gasteiger partial charge is 0.00492 e. The van der Waals surface area contributed by atoms with E-state index in [2.05, 4.69) is 38.7 Å². The zero-order valence-corrected chi connectivity index (χ0v) is 11.6. The molecule has 0 bridgehead atoms. The van der Waals surface area contributed by atoms with E-state index in [0.717, 1.165) is 18.4 Å². The predicted molar refractivity (Wildman–Crippen MR) is 74.7 cm³/mol. The van der Waals surface area contributed by atoms with Crippen LogP contribution in [-0.4, -0.2) is 13.6 Å². The molecule has 1 heteroatoms. The molecule has 16 heavy (non-hydrogen) atoms. The molecule has 0 amide bonds. The molecule has 0 heterocycles. The van der Waals surface area contributed by atoms with Gasteiger partial charge >= 0.3 is 0 Å². The molecule has 0 aliphatic heterocycles. The van der Waals surface area contributed by atoms with Gasteiger partial charge in [-0.1, -0.05) is 44.6 Å². The Balaban J connectivity index is 3.91. The Morgan fingerprint density at radius 2 is 2.06 bits per heavy atom. The molecule has 2 unspecified atom stereocenters. The Morgan fingerprint density at radius 3 is 2.56 bits per heavy atom. The van der Waals surface area contributed by atoms with Crippen molar-refractivity contribution in [3.8, 4) is 0 Å². The third-order valence-corrected chi connectivity index (χ3v) is 3.50. The normalized spacial score (nSPS) is 15.9. The summed E-state index contributed by atoms with van der Waals surface area (Å²) in [5.74, 6) is 1.69. The molecule has 0 fully saturated rings. The van der Waals surface area contributed by atoms with Crippen molar-refractivity contribution < 1.29 is 0 Å². The Bertz CT molecular complexity index is 205. The molecule has 0 radical (unpaired) electrons. The molecule has 0 aliphatic rings. The summed E-state index contributed by atoms with van der Waals surface area (Å²) >= 11 is 0. The van der Waals surface area contributed by atoms with Crippen molar-refractivity contribution in [1.29, 1.82) is 0 Å². The van der Waals surface area contributed by atoms with Crippen molar-refractivity contribution in [3.05, 3.63) is 24.3 Å². The van der Waals surface area contributed by atoms with Crippen molar-refractivity contribution in [3.63, 3.8) is 0 Å². The number of hydrogen-bond donors (Lipinski definition) is 1. The Kier molecular flexibility index (Phi) is 9.31. The Labute approximate surface area is 102 Å². The van der Waals surface area contributed by atoms with Crippen LogP contribution in [0.25, 0.3) is 0 Å². The highest BCUT2D eigenvalue weighted by molar-refractivity contribution is 5.12. The maximum absolute atomic E-state index is 3.77. The first-order valence-corrected chi connectivity index (χ1v) is 6.59. The molecule has 0 aromatic carbocycles. The van der Waals surface area contributed by atoms with Gasteiger partial charge < -0.3 is 5.32 Å². The third-order valence-electron chi connectivity index (χ3n) is 3.50. The monoisotopic (exact) mass is 223 g/mol. The fourth-order valence-corrected chi connectivity index (χ4v) is 2.11. The van der Waals surface area contributed by atoms with Crippen LogP contribution in [0.1, 0.15) is 46.5 Å². The second-order valence-electron chi connectivity index (χ2n) is 4.77. The van der Waals surface area contributed by atoms with Crippen molar-refractivity contribution >= 4 is 0 Å². The van der Waals surface area contributed by atoms with Crippen molar-refractivity contribution in [2.24, 2.45) is 11.8 Å². The molecule has 0 spiro atoms. The van der Waals surface area contributed by atoms with E-state index in [-0.39, 0.29) is 0 Å². The molecule has 0 aromatic heterocycles. The zero-order valence-electron chi connectivity index (χ0n) is 11.6. The highest BCUT2D eigenvalue weighted by atomic mass is 14.8. The van der Waals surface area contributed by atoms with Gasteiger partial charge in [-0.15, -0.1) is 0 Å². The molecule has 1 nitrogen and oxygen atoms in total. The van der Waals surface area contributed by atoms with Gasteiger partial charge in [0.05, 0.1) is 0 Å². The maximum Gasteiger partial charge on any atom is -0.00492 e. The summed E-state index contributed by atoms with van der Waals surface area (Å²) in [6, 6.07) is 0. The van der Waals surface area contributed by atoms with Crippen LogP contribution < -0.4 is 5.32 Å². The minimum absolute atomic E-state index is 0.826. The average molecular weight is 223 g/mol. The summed E-state index contributed by atoms with van der Waals surface area (Å²) in [4.78, 5) is 0. The number of rotatable bonds is 9. The van der Waals surface area contributed by atoms with Gasteiger partial charge in [0.1, 0.15) is 0 Å². The lowest BCUT2D eigenvalue weighted by atomic mass is 9.85. The number of nitrogens with one attached hydrogen (secondary N) is 1. The van der Waals surface area contributed by atoms with Gasteiger partial charge in [0.25, 0.3) is 0 Å².